The Morgan fingerprint density at radius 3 is 1.19 bits per heavy atom. The lowest BCUT2D eigenvalue weighted by Gasteiger charge is -2.29. The van der Waals surface area contributed by atoms with Crippen LogP contribution < -0.4 is 20.9 Å². The molecule has 0 aliphatic heterocycles. The molecule has 3 heterocycles. The van der Waals surface area contributed by atoms with E-state index in [4.69, 9.17) is 14.4 Å². The van der Waals surface area contributed by atoms with Crippen molar-refractivity contribution in [2.75, 3.05) is 9.80 Å². The Hall–Kier alpha value is -15.6. The van der Waals surface area contributed by atoms with Gasteiger partial charge >= 0.3 is 0 Å². The van der Waals surface area contributed by atoms with Gasteiger partial charge in [-0.05, 0) is 188 Å². The van der Waals surface area contributed by atoms with Crippen molar-refractivity contribution < 1.29 is 4.42 Å². The second-order valence-corrected chi connectivity index (χ2v) is 32.3. The van der Waals surface area contributed by atoms with Crippen LogP contribution in [0.1, 0.15) is 49.9 Å². The first-order valence-corrected chi connectivity index (χ1v) is 41.2. The molecule has 9 heteroatoms. The van der Waals surface area contributed by atoms with Gasteiger partial charge in [0.2, 0.25) is 0 Å². The lowest BCUT2D eigenvalue weighted by Crippen LogP contribution is -2.22. The first-order chi connectivity index (χ1) is 59.4. The molecular formula is C112H80N6O3. The van der Waals surface area contributed by atoms with Crippen molar-refractivity contribution in [3.05, 3.63) is 455 Å². The van der Waals surface area contributed by atoms with Gasteiger partial charge in [-0.2, -0.15) is 0 Å². The third-order valence-electron chi connectivity index (χ3n) is 24.4. The molecule has 17 aromatic carbocycles. The maximum absolute atomic E-state index is 14.6. The number of furan rings is 1. The highest BCUT2D eigenvalue weighted by atomic mass is 16.3. The van der Waals surface area contributed by atoms with E-state index in [9.17, 15) is 9.59 Å². The normalized spacial score (nSPS) is 12.7. The summed E-state index contributed by atoms with van der Waals surface area (Å²) in [6, 6.07) is 143. The molecule has 0 bridgehead atoms. The number of anilines is 6. The molecule has 0 saturated carbocycles. The lowest BCUT2D eigenvalue weighted by atomic mass is 9.82. The van der Waals surface area contributed by atoms with Gasteiger partial charge in [0.1, 0.15) is 22.8 Å². The summed E-state index contributed by atoms with van der Waals surface area (Å²) in [5.41, 5.74) is 30.9. The predicted molar refractivity (Wildman–Crippen MR) is 499 cm³/mol. The van der Waals surface area contributed by atoms with Crippen LogP contribution in [0.5, 0.6) is 0 Å². The number of para-hydroxylation sites is 4. The first-order valence-electron chi connectivity index (χ1n) is 41.2. The minimum absolute atomic E-state index is 0.107. The van der Waals surface area contributed by atoms with E-state index in [-0.39, 0.29) is 21.9 Å². The number of hydrogen-bond donors (Lipinski definition) is 0. The van der Waals surface area contributed by atoms with Crippen LogP contribution in [0.4, 0.5) is 34.1 Å². The standard InChI is InChI=1S/C59H41N3O2.C53H39N3O/c1-59(2)50-26-11-9-23-48(50)55-51(59)27-15-28-53(55)61(43-33-30-38(31-34-43)45-24-14-25-47-46-22-10-12-29-54(46)64-56(45)47)44-21-13-18-40(36-44)41-32-35-49-52(37-41)60-57(39-16-5-3-6-17-39)62(58(49)63)42-19-7-4-8-20-42;1-53(2)46-25-13-12-24-44(46)50-47(53)26-15-27-49(50)55(42-31-28-37(29-32-42)36-16-6-3-7-17-36)43-23-14-20-39(34-43)40-30-33-48-45(35-40)52(57)56(41-21-10-5-11-22-41)51(54-48)38-18-8-4-9-19-38/h3-37H,1-2H3;3-35H,1-2H3. The Morgan fingerprint density at radius 1 is 0.264 bits per heavy atom. The molecule has 0 fully saturated rings. The zero-order valence-electron chi connectivity index (χ0n) is 67.2. The molecule has 0 amide bonds. The topological polar surface area (TPSA) is 89.4 Å². The molecule has 121 heavy (non-hydrogen) atoms. The van der Waals surface area contributed by atoms with Gasteiger partial charge in [-0.3, -0.25) is 18.7 Å². The van der Waals surface area contributed by atoms with Crippen LogP contribution in [0.3, 0.4) is 0 Å². The number of fused-ring (bicyclic) bond motifs is 11. The molecule has 0 saturated heterocycles. The largest absolute Gasteiger partial charge is 0.455 e. The van der Waals surface area contributed by atoms with Gasteiger partial charge in [0.15, 0.2) is 0 Å². The molecule has 0 spiro atoms. The minimum atomic E-state index is -0.166. The van der Waals surface area contributed by atoms with Crippen LogP contribution in [-0.2, 0) is 10.8 Å². The molecule has 0 unspecified atom stereocenters. The molecule has 22 rings (SSSR count). The fourth-order valence-electron chi connectivity index (χ4n) is 18.5. The van der Waals surface area contributed by atoms with Gasteiger partial charge in [0, 0.05) is 72.2 Å². The molecular weight excluding hydrogens is 1480 g/mol. The molecule has 0 radical (unpaired) electrons. The van der Waals surface area contributed by atoms with Crippen molar-refractivity contribution in [3.8, 4) is 101 Å². The van der Waals surface area contributed by atoms with Gasteiger partial charge in [0.25, 0.3) is 11.1 Å². The van der Waals surface area contributed by atoms with Crippen molar-refractivity contribution in [1.82, 2.24) is 19.1 Å². The Bertz CT molecular complexity index is 7550. The van der Waals surface area contributed by atoms with E-state index < -0.39 is 0 Å². The number of nitrogens with zero attached hydrogens (tertiary/aromatic N) is 6. The van der Waals surface area contributed by atoms with E-state index in [0.29, 0.717) is 33.5 Å². The molecule has 20 aromatic rings. The average molecular weight is 1560 g/mol. The van der Waals surface area contributed by atoms with Crippen molar-refractivity contribution in [1.29, 1.82) is 0 Å². The number of hydrogen-bond acceptors (Lipinski definition) is 7. The van der Waals surface area contributed by atoms with Crippen molar-refractivity contribution in [3.63, 3.8) is 0 Å². The zero-order chi connectivity index (χ0) is 81.5. The van der Waals surface area contributed by atoms with Crippen LogP contribution in [0.2, 0.25) is 0 Å². The Morgan fingerprint density at radius 2 is 0.645 bits per heavy atom. The summed E-state index contributed by atoms with van der Waals surface area (Å²) in [5, 5.41) is 3.35. The van der Waals surface area contributed by atoms with E-state index >= 15 is 0 Å². The maximum atomic E-state index is 14.6. The fourth-order valence-corrected chi connectivity index (χ4v) is 18.5. The summed E-state index contributed by atoms with van der Waals surface area (Å²) in [6.07, 6.45) is 0. The third-order valence-corrected chi connectivity index (χ3v) is 24.4. The molecule has 576 valence electrons. The first kappa shape index (κ1) is 73.1. The zero-order valence-corrected chi connectivity index (χ0v) is 67.2. The molecule has 3 aromatic heterocycles. The lowest BCUT2D eigenvalue weighted by molar-refractivity contribution is 0.660. The van der Waals surface area contributed by atoms with Crippen molar-refractivity contribution in [2.24, 2.45) is 0 Å². The monoisotopic (exact) mass is 1560 g/mol. The Kier molecular flexibility index (Phi) is 18.0. The number of benzene rings is 17. The molecule has 9 nitrogen and oxygen atoms in total. The van der Waals surface area contributed by atoms with E-state index in [1.54, 1.807) is 9.13 Å². The fraction of sp³-hybridized carbons (Fsp3) is 0.0536. The summed E-state index contributed by atoms with van der Waals surface area (Å²) in [5.74, 6) is 1.21. The predicted octanol–water partition coefficient (Wildman–Crippen LogP) is 28.2. The SMILES string of the molecule is CC1(C)c2ccccc2-c2c(N(c3ccc(-c4cccc5c4oc4ccccc45)cc3)c3cccc(-c4ccc5c(=O)n(-c6ccccc6)c(-c6ccccc6)nc5c4)c3)cccc21.CC1(C)c2ccccc2-c2c(N(c3ccc(-c4ccccc4)cc3)c3cccc(-c4ccc5nc(-c6ccccc6)n(-c6ccccc6)c(=O)c5c4)c3)cccc21. The van der Waals surface area contributed by atoms with Crippen molar-refractivity contribution in [2.45, 2.75) is 38.5 Å². The van der Waals surface area contributed by atoms with Gasteiger partial charge in [0.05, 0.1) is 44.6 Å². The van der Waals surface area contributed by atoms with Gasteiger partial charge < -0.3 is 14.2 Å². The highest BCUT2D eigenvalue weighted by Gasteiger charge is 2.40. The van der Waals surface area contributed by atoms with Crippen LogP contribution in [0.15, 0.2) is 427 Å². The Labute approximate surface area is 701 Å². The van der Waals surface area contributed by atoms with Crippen LogP contribution in [0.25, 0.3) is 145 Å². The smallest absolute Gasteiger partial charge is 0.266 e. The highest BCUT2D eigenvalue weighted by Crippen LogP contribution is 2.57. The summed E-state index contributed by atoms with van der Waals surface area (Å²) in [7, 11) is 0. The van der Waals surface area contributed by atoms with Crippen LogP contribution >= 0.6 is 0 Å². The van der Waals surface area contributed by atoms with Gasteiger partial charge in [-0.25, -0.2) is 9.97 Å². The minimum Gasteiger partial charge on any atom is -0.455 e. The second-order valence-electron chi connectivity index (χ2n) is 32.3. The third kappa shape index (κ3) is 12.7. The highest BCUT2D eigenvalue weighted by molar-refractivity contribution is 6.10. The van der Waals surface area contributed by atoms with E-state index in [1.807, 2.05) is 158 Å². The molecule has 2 aliphatic rings. The quantitative estimate of drug-likeness (QED) is 0.107. The van der Waals surface area contributed by atoms with Crippen LogP contribution in [0, 0.1) is 0 Å². The van der Waals surface area contributed by atoms with E-state index in [2.05, 4.69) is 292 Å². The van der Waals surface area contributed by atoms with E-state index in [0.717, 1.165) is 112 Å². The summed E-state index contributed by atoms with van der Waals surface area (Å²) in [6.45, 7) is 9.30. The molecule has 0 atom stereocenters. The Balaban J connectivity index is 0.000000150. The summed E-state index contributed by atoms with van der Waals surface area (Å²) < 4.78 is 9.92. The average Bonchev–Trinajstić information content (AvgIpc) is 1.58. The van der Waals surface area contributed by atoms with Crippen LogP contribution in [-0.4, -0.2) is 19.1 Å². The summed E-state index contributed by atoms with van der Waals surface area (Å²) >= 11 is 0. The van der Waals surface area contributed by atoms with Crippen molar-refractivity contribution >= 4 is 77.9 Å². The number of aromatic nitrogens is 4. The maximum Gasteiger partial charge on any atom is 0.266 e. The van der Waals surface area contributed by atoms with Gasteiger partial charge in [-0.15, -0.1) is 0 Å². The van der Waals surface area contributed by atoms with Gasteiger partial charge in [-0.1, -0.05) is 325 Å². The summed E-state index contributed by atoms with van der Waals surface area (Å²) in [4.78, 5) is 44.0. The second kappa shape index (κ2) is 29.9. The molecule has 2 aliphatic carbocycles. The number of rotatable bonds is 14. The molecule has 0 N–H and O–H groups in total. The van der Waals surface area contributed by atoms with E-state index in [1.165, 1.54) is 55.6 Å².